The number of piperidine rings is 2. The Hall–Kier alpha value is -5.10. The van der Waals surface area contributed by atoms with Gasteiger partial charge in [0.1, 0.15) is 24.7 Å². The van der Waals surface area contributed by atoms with Crippen molar-refractivity contribution in [3.05, 3.63) is 107 Å². The molecule has 4 aromatic rings. The highest BCUT2D eigenvalue weighted by Crippen LogP contribution is 2.38. The highest BCUT2D eigenvalue weighted by atomic mass is 32.2. The van der Waals surface area contributed by atoms with Gasteiger partial charge in [-0.2, -0.15) is 8.61 Å². The van der Waals surface area contributed by atoms with E-state index in [2.05, 4.69) is 65.4 Å². The number of aryl methyl sites for hydroxylation is 4. The number of nitrogens with zero attached hydrogens (tertiary/aromatic N) is 7. The molecule has 4 heterocycles. The first-order valence-corrected chi connectivity index (χ1v) is 27.1. The first-order chi connectivity index (χ1) is 34.5. The summed E-state index contributed by atoms with van der Waals surface area (Å²) in [6.07, 6.45) is 11.4. The number of rotatable bonds is 20. The normalized spacial score (nSPS) is 15.6. The zero-order chi connectivity index (χ0) is 54.1. The van der Waals surface area contributed by atoms with Gasteiger partial charge in [0, 0.05) is 70.6 Å². The number of carbonyl (C=O) groups is 2. The number of carboxylic acid groups (broad SMARTS) is 1. The number of methoxy groups -OCH3 is 2. The van der Waals surface area contributed by atoms with Crippen LogP contribution < -0.4 is 14.8 Å². The molecular formula is C52H78N8O11S2. The highest BCUT2D eigenvalue weighted by Gasteiger charge is 2.40. The molecule has 21 heteroatoms. The van der Waals surface area contributed by atoms with Crippen LogP contribution in [-0.2, 0) is 50.2 Å². The number of likely N-dealkylation sites (tertiary alicyclic amines) is 1. The Morgan fingerprint density at radius 1 is 0.644 bits per heavy atom. The summed E-state index contributed by atoms with van der Waals surface area (Å²) in [5, 5.41) is 11.9. The van der Waals surface area contributed by atoms with Crippen molar-refractivity contribution in [2.24, 2.45) is 0 Å². The third kappa shape index (κ3) is 15.5. The molecule has 73 heavy (non-hydrogen) atoms. The fourth-order valence-corrected chi connectivity index (χ4v) is 12.6. The number of aliphatic carboxylic acids is 1. The predicted octanol–water partition coefficient (Wildman–Crippen LogP) is 4.68. The molecular weight excluding hydrogens is 977 g/mol. The van der Waals surface area contributed by atoms with Crippen molar-refractivity contribution in [1.82, 2.24) is 38.6 Å². The number of carbonyl (C=O) groups excluding carboxylic acids is 1. The van der Waals surface area contributed by atoms with E-state index in [9.17, 15) is 26.4 Å². The molecule has 0 atom stereocenters. The Balaban J connectivity index is 0.000000264. The molecule has 0 radical (unpaired) electrons. The van der Waals surface area contributed by atoms with E-state index >= 15 is 0 Å². The summed E-state index contributed by atoms with van der Waals surface area (Å²) in [6.45, 7) is 10.2. The number of benzene rings is 2. The van der Waals surface area contributed by atoms with E-state index in [1.54, 1.807) is 65.3 Å². The van der Waals surface area contributed by atoms with Gasteiger partial charge in [0.05, 0.1) is 42.8 Å². The highest BCUT2D eigenvalue weighted by molar-refractivity contribution is 7.89. The standard InChI is InChI=1S/C26H38N4O5S.C14H21NO6S.C12H19N3/c1-20-16-23(34-6)17-21(2)25(20)36(32,33)29(5)14-15-35-19-24(31)30-12-9-26(10-13-30,28(3)4)22-8-7-11-27-18-22;1-10-7-12(20-4)8-11(2)14(10)22(18,19)15(3)5-6-21-9-13(16)17;1-15(2)12(5-8-13-9-6-12)11-4-3-7-14-10-11/h7-8,11,16-18H,9-10,12-15,19H2,1-6H3;7-8H,5-6,9H2,1-4H3,(H,16,17);3-4,7,10,13H,5-6,8-9H2,1-2H3. The van der Waals surface area contributed by atoms with E-state index < -0.39 is 32.6 Å². The maximum absolute atomic E-state index is 13.1. The van der Waals surface area contributed by atoms with Gasteiger partial charge < -0.3 is 34.3 Å². The Morgan fingerprint density at radius 3 is 1.37 bits per heavy atom. The minimum atomic E-state index is -3.70. The number of carboxylic acids is 1. The lowest BCUT2D eigenvalue weighted by Gasteiger charge is -2.46. The molecule has 6 rings (SSSR count). The van der Waals surface area contributed by atoms with Crippen molar-refractivity contribution >= 4 is 31.9 Å². The number of ether oxygens (including phenoxy) is 4. The van der Waals surface area contributed by atoms with Crippen molar-refractivity contribution in [1.29, 1.82) is 0 Å². The van der Waals surface area contributed by atoms with Gasteiger partial charge in [0.25, 0.3) is 0 Å². The SMILES string of the molecule is CN(C)C1(c2cccnc2)CCNCC1.COc1cc(C)c(S(=O)(=O)N(C)CCOCC(=O)N2CCC(c3cccnc3)(N(C)C)CC2)c(C)c1.COc1cc(C)c(S(=O)(=O)N(C)CCOCC(=O)O)c(C)c1. The van der Waals surface area contributed by atoms with Crippen LogP contribution in [0.1, 0.15) is 59.1 Å². The summed E-state index contributed by atoms with van der Waals surface area (Å²) >= 11 is 0. The minimum absolute atomic E-state index is 0.0102. The third-order valence-electron chi connectivity index (χ3n) is 13.7. The zero-order valence-electron chi connectivity index (χ0n) is 44.8. The summed E-state index contributed by atoms with van der Waals surface area (Å²) in [4.78, 5) is 38.5. The van der Waals surface area contributed by atoms with Crippen molar-refractivity contribution < 1.29 is 50.5 Å². The summed E-state index contributed by atoms with van der Waals surface area (Å²) in [7, 11) is 7.11. The smallest absolute Gasteiger partial charge is 0.329 e. The number of pyridine rings is 2. The largest absolute Gasteiger partial charge is 0.497 e. The van der Waals surface area contributed by atoms with Gasteiger partial charge >= 0.3 is 5.97 Å². The molecule has 0 aliphatic carbocycles. The van der Waals surface area contributed by atoms with Crippen LogP contribution >= 0.6 is 0 Å². The van der Waals surface area contributed by atoms with E-state index in [0.29, 0.717) is 46.8 Å². The second-order valence-electron chi connectivity index (χ2n) is 18.8. The van der Waals surface area contributed by atoms with E-state index in [4.69, 9.17) is 24.1 Å². The third-order valence-corrected chi connectivity index (χ3v) is 18.0. The molecule has 0 bridgehead atoms. The van der Waals surface area contributed by atoms with Crippen LogP contribution in [0.4, 0.5) is 0 Å². The monoisotopic (exact) mass is 1050 g/mol. The molecule has 2 aromatic heterocycles. The number of hydrogen-bond donors (Lipinski definition) is 2. The molecule has 2 aromatic carbocycles. The molecule has 2 fully saturated rings. The van der Waals surface area contributed by atoms with Crippen LogP contribution in [0.5, 0.6) is 11.5 Å². The molecule has 2 N–H and O–H groups in total. The average Bonchev–Trinajstić information content (AvgIpc) is 3.36. The second-order valence-corrected chi connectivity index (χ2v) is 22.8. The fourth-order valence-electron chi connectivity index (χ4n) is 9.45. The summed E-state index contributed by atoms with van der Waals surface area (Å²) in [6, 6.07) is 15.0. The Bertz CT molecular complexity index is 2580. The van der Waals surface area contributed by atoms with Crippen LogP contribution in [0.15, 0.2) is 83.1 Å². The number of sulfonamides is 2. The zero-order valence-corrected chi connectivity index (χ0v) is 46.4. The molecule has 2 aliphatic heterocycles. The molecule has 404 valence electrons. The van der Waals surface area contributed by atoms with Gasteiger partial charge in [-0.15, -0.1) is 0 Å². The van der Waals surface area contributed by atoms with Crippen LogP contribution in [0, 0.1) is 27.7 Å². The Kier molecular flexibility index (Phi) is 22.7. The molecule has 19 nitrogen and oxygen atoms in total. The molecule has 0 unspecified atom stereocenters. The van der Waals surface area contributed by atoms with Crippen molar-refractivity contribution in [3.63, 3.8) is 0 Å². The van der Waals surface area contributed by atoms with Gasteiger partial charge in [-0.3, -0.25) is 24.6 Å². The van der Waals surface area contributed by atoms with Crippen LogP contribution in [0.3, 0.4) is 0 Å². The van der Waals surface area contributed by atoms with Crippen molar-refractivity contribution in [2.45, 2.75) is 74.2 Å². The minimum Gasteiger partial charge on any atom is -0.497 e. The van der Waals surface area contributed by atoms with Gasteiger partial charge in [-0.25, -0.2) is 21.6 Å². The van der Waals surface area contributed by atoms with Gasteiger partial charge in [-0.05, 0) is 164 Å². The fraction of sp³-hybridized carbons (Fsp3) is 0.538. The van der Waals surface area contributed by atoms with E-state index in [1.807, 2.05) is 35.6 Å². The maximum atomic E-state index is 13.1. The van der Waals surface area contributed by atoms with Crippen LogP contribution in [-0.4, -0.2) is 189 Å². The maximum Gasteiger partial charge on any atom is 0.329 e. The van der Waals surface area contributed by atoms with Crippen LogP contribution in [0.25, 0.3) is 0 Å². The van der Waals surface area contributed by atoms with E-state index in [1.165, 1.54) is 31.1 Å². The summed E-state index contributed by atoms with van der Waals surface area (Å²) in [5.41, 5.74) is 4.96. The quantitative estimate of drug-likeness (QED) is 0.115. The number of hydrogen-bond acceptors (Lipinski definition) is 15. The lowest BCUT2D eigenvalue weighted by Crippen LogP contribution is -2.52. The summed E-state index contributed by atoms with van der Waals surface area (Å²) < 4.78 is 74.7. The predicted molar refractivity (Wildman–Crippen MR) is 281 cm³/mol. The number of likely N-dealkylation sites (N-methyl/N-ethyl adjacent to an activating group) is 2. The van der Waals surface area contributed by atoms with Gasteiger partial charge in [-0.1, -0.05) is 12.1 Å². The number of aromatic nitrogens is 2. The molecule has 2 aliphatic rings. The number of amides is 1. The van der Waals surface area contributed by atoms with Gasteiger partial charge in [0.15, 0.2) is 0 Å². The topological polar surface area (TPSA) is 214 Å². The first-order valence-electron chi connectivity index (χ1n) is 24.2. The Morgan fingerprint density at radius 2 is 1.03 bits per heavy atom. The number of nitrogens with one attached hydrogen (secondary N) is 1. The van der Waals surface area contributed by atoms with Crippen molar-refractivity contribution in [2.75, 3.05) is 122 Å². The first kappa shape index (κ1) is 60.5. The van der Waals surface area contributed by atoms with E-state index in [0.717, 1.165) is 48.6 Å². The van der Waals surface area contributed by atoms with Crippen LogP contribution in [0.2, 0.25) is 0 Å². The lowest BCUT2D eigenvalue weighted by molar-refractivity contribution is -0.142. The lowest BCUT2D eigenvalue weighted by atomic mass is 9.80. The Labute approximate surface area is 433 Å². The molecule has 1 amide bonds. The van der Waals surface area contributed by atoms with Crippen molar-refractivity contribution in [3.8, 4) is 11.5 Å². The average molecular weight is 1060 g/mol. The van der Waals surface area contributed by atoms with E-state index in [-0.39, 0.29) is 59.7 Å². The van der Waals surface area contributed by atoms with Gasteiger partial charge in [0.2, 0.25) is 26.0 Å². The molecule has 0 saturated carbocycles. The second kappa shape index (κ2) is 27.4. The molecule has 2 saturated heterocycles. The summed E-state index contributed by atoms with van der Waals surface area (Å²) in [5.74, 6) is 0.0454. The molecule has 0 spiro atoms.